The van der Waals surface area contributed by atoms with Gasteiger partial charge in [-0.25, -0.2) is 4.79 Å². The van der Waals surface area contributed by atoms with Gasteiger partial charge in [-0.05, 0) is 33.6 Å². The molecule has 0 spiro atoms. The van der Waals surface area contributed by atoms with Gasteiger partial charge in [-0.15, -0.1) is 0 Å². The summed E-state index contributed by atoms with van der Waals surface area (Å²) in [4.78, 5) is 24.0. The molecule has 1 aliphatic heterocycles. The zero-order chi connectivity index (χ0) is 14.5. The number of hydrogen-bond donors (Lipinski definition) is 1. The number of carboxylic acid groups (broad SMARTS) is 1. The molecule has 0 aliphatic carbocycles. The van der Waals surface area contributed by atoms with Crippen LogP contribution in [0.5, 0.6) is 0 Å². The third kappa shape index (κ3) is 6.42. The smallest absolute Gasteiger partial charge is 0.410 e. The first kappa shape index (κ1) is 15.8. The van der Waals surface area contributed by atoms with Crippen molar-refractivity contribution in [1.82, 2.24) is 4.90 Å². The Morgan fingerprint density at radius 3 is 2.68 bits per heavy atom. The molecule has 1 heterocycles. The summed E-state index contributed by atoms with van der Waals surface area (Å²) in [5.41, 5.74) is -0.506. The summed E-state index contributed by atoms with van der Waals surface area (Å²) in [6.07, 6.45) is 0.903. The number of hydrogen-bond acceptors (Lipinski definition) is 4. The first-order valence-corrected chi connectivity index (χ1v) is 6.59. The van der Waals surface area contributed by atoms with Crippen LogP contribution >= 0.6 is 0 Å². The maximum Gasteiger partial charge on any atom is 0.410 e. The van der Waals surface area contributed by atoms with Crippen LogP contribution < -0.4 is 0 Å². The van der Waals surface area contributed by atoms with E-state index in [9.17, 15) is 9.59 Å². The molecular weight excluding hydrogens is 250 g/mol. The van der Waals surface area contributed by atoms with Crippen molar-refractivity contribution >= 4 is 12.1 Å². The molecule has 1 atom stereocenters. The minimum Gasteiger partial charge on any atom is -0.481 e. The van der Waals surface area contributed by atoms with Crippen LogP contribution in [0.3, 0.4) is 0 Å². The quantitative estimate of drug-likeness (QED) is 0.846. The number of carboxylic acids is 1. The number of amides is 1. The number of carbonyl (C=O) groups excluding carboxylic acids is 1. The highest BCUT2D eigenvalue weighted by Gasteiger charge is 2.27. The second-order valence-electron chi connectivity index (χ2n) is 5.71. The van der Waals surface area contributed by atoms with Gasteiger partial charge < -0.3 is 19.5 Å². The van der Waals surface area contributed by atoms with Gasteiger partial charge in [-0.2, -0.15) is 0 Å². The van der Waals surface area contributed by atoms with Crippen molar-refractivity contribution in [3.05, 3.63) is 0 Å². The molecule has 0 aromatic rings. The number of morpholine rings is 1. The Labute approximate surface area is 113 Å². The van der Waals surface area contributed by atoms with E-state index < -0.39 is 11.6 Å². The predicted molar refractivity (Wildman–Crippen MR) is 69.0 cm³/mol. The Hall–Kier alpha value is -1.30. The zero-order valence-electron chi connectivity index (χ0n) is 11.8. The second-order valence-corrected chi connectivity index (χ2v) is 5.71. The molecule has 19 heavy (non-hydrogen) atoms. The molecule has 1 saturated heterocycles. The summed E-state index contributed by atoms with van der Waals surface area (Å²) >= 11 is 0. The fourth-order valence-corrected chi connectivity index (χ4v) is 1.87. The van der Waals surface area contributed by atoms with Crippen LogP contribution in [-0.4, -0.2) is 53.5 Å². The molecule has 0 aromatic carbocycles. The minimum atomic E-state index is -0.806. The van der Waals surface area contributed by atoms with Gasteiger partial charge in [0, 0.05) is 13.0 Å². The molecule has 1 fully saturated rings. The Balaban J connectivity index is 2.37. The Morgan fingerprint density at radius 2 is 2.11 bits per heavy atom. The minimum absolute atomic E-state index is 0.0966. The fourth-order valence-electron chi connectivity index (χ4n) is 1.87. The molecule has 0 aromatic heterocycles. The van der Waals surface area contributed by atoms with Gasteiger partial charge in [0.05, 0.1) is 19.3 Å². The molecule has 1 unspecified atom stereocenters. The largest absolute Gasteiger partial charge is 0.481 e. The van der Waals surface area contributed by atoms with Crippen LogP contribution in [0.2, 0.25) is 0 Å². The van der Waals surface area contributed by atoms with Crippen LogP contribution in [0.4, 0.5) is 4.79 Å². The lowest BCUT2D eigenvalue weighted by Gasteiger charge is -2.34. The van der Waals surface area contributed by atoms with Gasteiger partial charge in [-0.3, -0.25) is 4.79 Å². The van der Waals surface area contributed by atoms with Crippen molar-refractivity contribution in [2.75, 3.05) is 19.7 Å². The van der Waals surface area contributed by atoms with Crippen molar-refractivity contribution in [2.24, 2.45) is 0 Å². The molecular formula is C13H23NO5. The Morgan fingerprint density at radius 1 is 1.42 bits per heavy atom. The Kier molecular flexibility index (Phi) is 5.60. The maximum atomic E-state index is 11.9. The van der Waals surface area contributed by atoms with E-state index in [1.54, 1.807) is 4.90 Å². The van der Waals surface area contributed by atoms with E-state index in [2.05, 4.69) is 0 Å². The van der Waals surface area contributed by atoms with Crippen LogP contribution in [0.1, 0.15) is 40.0 Å². The van der Waals surface area contributed by atoms with Gasteiger partial charge in [0.1, 0.15) is 5.60 Å². The second kappa shape index (κ2) is 6.75. The van der Waals surface area contributed by atoms with E-state index in [1.807, 2.05) is 20.8 Å². The van der Waals surface area contributed by atoms with E-state index in [0.717, 1.165) is 0 Å². The van der Waals surface area contributed by atoms with Crippen molar-refractivity contribution in [2.45, 2.75) is 51.7 Å². The van der Waals surface area contributed by atoms with Gasteiger partial charge in [0.2, 0.25) is 0 Å². The SMILES string of the molecule is CC(C)(C)OC(=O)N1CCOC(CCCC(=O)O)C1. The van der Waals surface area contributed by atoms with Crippen LogP contribution in [0, 0.1) is 0 Å². The third-order valence-electron chi connectivity index (χ3n) is 2.71. The molecule has 1 rings (SSSR count). The summed E-state index contributed by atoms with van der Waals surface area (Å²) in [6.45, 7) is 6.94. The summed E-state index contributed by atoms with van der Waals surface area (Å²) < 4.78 is 10.8. The van der Waals surface area contributed by atoms with E-state index in [-0.39, 0.29) is 18.6 Å². The van der Waals surface area contributed by atoms with E-state index in [4.69, 9.17) is 14.6 Å². The number of nitrogens with zero attached hydrogens (tertiary/aromatic N) is 1. The monoisotopic (exact) mass is 273 g/mol. The molecule has 0 radical (unpaired) electrons. The summed E-state index contributed by atoms with van der Waals surface area (Å²) in [5.74, 6) is -0.806. The highest BCUT2D eigenvalue weighted by Crippen LogP contribution is 2.15. The van der Waals surface area contributed by atoms with Crippen molar-refractivity contribution in [3.63, 3.8) is 0 Å². The topological polar surface area (TPSA) is 76.1 Å². The number of rotatable bonds is 4. The summed E-state index contributed by atoms with van der Waals surface area (Å²) in [6, 6.07) is 0. The van der Waals surface area contributed by atoms with Crippen LogP contribution in [0.15, 0.2) is 0 Å². The lowest BCUT2D eigenvalue weighted by molar-refractivity contribution is -0.137. The first-order chi connectivity index (χ1) is 8.78. The standard InChI is InChI=1S/C13H23NO5/c1-13(2,3)19-12(17)14-7-8-18-10(9-14)5-4-6-11(15)16/h10H,4-9H2,1-3H3,(H,15,16). The van der Waals surface area contributed by atoms with Crippen molar-refractivity contribution in [3.8, 4) is 0 Å². The third-order valence-corrected chi connectivity index (χ3v) is 2.71. The summed E-state index contributed by atoms with van der Waals surface area (Å²) in [7, 11) is 0. The lowest BCUT2D eigenvalue weighted by Crippen LogP contribution is -2.47. The highest BCUT2D eigenvalue weighted by molar-refractivity contribution is 5.68. The lowest BCUT2D eigenvalue weighted by atomic mass is 10.1. The highest BCUT2D eigenvalue weighted by atomic mass is 16.6. The van der Waals surface area contributed by atoms with Crippen molar-refractivity contribution < 1.29 is 24.2 Å². The zero-order valence-corrected chi connectivity index (χ0v) is 11.8. The van der Waals surface area contributed by atoms with E-state index in [0.29, 0.717) is 32.5 Å². The van der Waals surface area contributed by atoms with Crippen molar-refractivity contribution in [1.29, 1.82) is 0 Å². The molecule has 1 aliphatic rings. The first-order valence-electron chi connectivity index (χ1n) is 6.59. The molecule has 110 valence electrons. The molecule has 6 nitrogen and oxygen atoms in total. The molecule has 0 bridgehead atoms. The number of ether oxygens (including phenoxy) is 2. The molecule has 1 amide bonds. The predicted octanol–water partition coefficient (Wildman–Crippen LogP) is 1.88. The van der Waals surface area contributed by atoms with Gasteiger partial charge in [0.15, 0.2) is 0 Å². The van der Waals surface area contributed by atoms with Gasteiger partial charge in [-0.1, -0.05) is 0 Å². The molecule has 1 N–H and O–H groups in total. The number of carbonyl (C=O) groups is 2. The van der Waals surface area contributed by atoms with Gasteiger partial charge in [0.25, 0.3) is 0 Å². The van der Waals surface area contributed by atoms with E-state index in [1.165, 1.54) is 0 Å². The van der Waals surface area contributed by atoms with Crippen LogP contribution in [-0.2, 0) is 14.3 Å². The molecule has 6 heteroatoms. The Bertz CT molecular complexity index is 323. The maximum absolute atomic E-state index is 11.9. The fraction of sp³-hybridized carbons (Fsp3) is 0.846. The van der Waals surface area contributed by atoms with Crippen LogP contribution in [0.25, 0.3) is 0 Å². The summed E-state index contributed by atoms with van der Waals surface area (Å²) in [5, 5.41) is 8.59. The molecule has 0 saturated carbocycles. The normalized spacial score (nSPS) is 20.2. The van der Waals surface area contributed by atoms with Gasteiger partial charge >= 0.3 is 12.1 Å². The van der Waals surface area contributed by atoms with E-state index >= 15 is 0 Å². The average molecular weight is 273 g/mol. The average Bonchev–Trinajstić information content (AvgIpc) is 2.26. The number of aliphatic carboxylic acids is 1.